The van der Waals surface area contributed by atoms with Crippen LogP contribution in [0.15, 0.2) is 45.9 Å². The van der Waals surface area contributed by atoms with Crippen molar-refractivity contribution in [2.24, 2.45) is 0 Å². The van der Waals surface area contributed by atoms with E-state index in [4.69, 9.17) is 9.52 Å². The van der Waals surface area contributed by atoms with Crippen molar-refractivity contribution in [1.82, 2.24) is 5.32 Å². The van der Waals surface area contributed by atoms with E-state index < -0.39 is 10.1 Å². The number of furan rings is 1. The minimum absolute atomic E-state index is 0.0499. The molecule has 0 radical (unpaired) electrons. The molecule has 108 valence electrons. The Morgan fingerprint density at radius 3 is 2.65 bits per heavy atom. The van der Waals surface area contributed by atoms with Crippen LogP contribution in [0.3, 0.4) is 0 Å². The molecule has 0 atom stereocenters. The van der Waals surface area contributed by atoms with Crippen LogP contribution in [0.5, 0.6) is 0 Å². The van der Waals surface area contributed by atoms with Gasteiger partial charge in [0.2, 0.25) is 0 Å². The molecule has 7 heteroatoms. The predicted octanol–water partition coefficient (Wildman–Crippen LogP) is 1.28. The molecule has 3 N–H and O–H groups in total. The number of nitrogens with one attached hydrogen (secondary N) is 1. The fourth-order valence-corrected chi connectivity index (χ4v) is 2.59. The zero-order valence-electron chi connectivity index (χ0n) is 10.6. The van der Waals surface area contributed by atoms with Gasteiger partial charge in [-0.25, -0.2) is 0 Å². The van der Waals surface area contributed by atoms with Crippen molar-refractivity contribution in [2.45, 2.75) is 11.4 Å². The quantitative estimate of drug-likeness (QED) is 0.548. The predicted molar refractivity (Wildman–Crippen MR) is 72.8 cm³/mol. The summed E-state index contributed by atoms with van der Waals surface area (Å²) < 4.78 is 37.4. The second-order valence-corrected chi connectivity index (χ2v) is 5.57. The molecule has 0 bridgehead atoms. The van der Waals surface area contributed by atoms with Crippen molar-refractivity contribution >= 4 is 10.1 Å². The fraction of sp³-hybridized carbons (Fsp3) is 0.231. The lowest BCUT2D eigenvalue weighted by Gasteiger charge is -2.09. The lowest BCUT2D eigenvalue weighted by atomic mass is 10.1. The van der Waals surface area contributed by atoms with Crippen LogP contribution in [0, 0.1) is 0 Å². The Labute approximate surface area is 116 Å². The molecule has 1 aromatic heterocycles. The molecule has 0 aliphatic heterocycles. The Morgan fingerprint density at radius 2 is 2.05 bits per heavy atom. The van der Waals surface area contributed by atoms with Gasteiger partial charge in [-0.15, -0.1) is 0 Å². The lowest BCUT2D eigenvalue weighted by Crippen LogP contribution is -2.19. The summed E-state index contributed by atoms with van der Waals surface area (Å²) in [6, 6.07) is 8.07. The summed E-state index contributed by atoms with van der Waals surface area (Å²) in [4.78, 5) is -0.170. The fourth-order valence-electron chi connectivity index (χ4n) is 1.84. The normalized spacial score (nSPS) is 11.7. The summed E-state index contributed by atoms with van der Waals surface area (Å²) in [5, 5.41) is 11.6. The van der Waals surface area contributed by atoms with Gasteiger partial charge in [-0.1, -0.05) is 12.1 Å². The largest absolute Gasteiger partial charge is 0.464 e. The highest BCUT2D eigenvalue weighted by Crippen LogP contribution is 2.25. The first kappa shape index (κ1) is 14.7. The molecule has 0 aliphatic rings. The summed E-state index contributed by atoms with van der Waals surface area (Å²) in [7, 11) is -4.33. The number of rotatable bonds is 6. The van der Waals surface area contributed by atoms with Gasteiger partial charge in [0, 0.05) is 18.7 Å². The van der Waals surface area contributed by atoms with Crippen LogP contribution >= 0.6 is 0 Å². The molecule has 0 saturated carbocycles. The van der Waals surface area contributed by atoms with E-state index in [0.29, 0.717) is 23.4 Å². The SMILES string of the molecule is O=S(=O)(O)c1cc(-c2ccco2)ccc1CNCCO. The Morgan fingerprint density at radius 1 is 1.25 bits per heavy atom. The van der Waals surface area contributed by atoms with Gasteiger partial charge in [-0.2, -0.15) is 8.42 Å². The highest BCUT2D eigenvalue weighted by molar-refractivity contribution is 7.85. The van der Waals surface area contributed by atoms with E-state index in [-0.39, 0.29) is 18.0 Å². The Kier molecular flexibility index (Phi) is 4.56. The summed E-state index contributed by atoms with van der Waals surface area (Å²) in [6.07, 6.45) is 1.49. The monoisotopic (exact) mass is 297 g/mol. The lowest BCUT2D eigenvalue weighted by molar-refractivity contribution is 0.292. The molecule has 0 saturated heterocycles. The van der Waals surface area contributed by atoms with Crippen LogP contribution < -0.4 is 5.32 Å². The van der Waals surface area contributed by atoms with Crippen LogP contribution in [0.25, 0.3) is 11.3 Å². The maximum absolute atomic E-state index is 11.5. The van der Waals surface area contributed by atoms with E-state index in [1.54, 1.807) is 24.3 Å². The molecule has 0 spiro atoms. The molecule has 0 fully saturated rings. The van der Waals surface area contributed by atoms with Crippen molar-refractivity contribution < 1.29 is 22.5 Å². The Balaban J connectivity index is 2.38. The van der Waals surface area contributed by atoms with Crippen LogP contribution in [0.1, 0.15) is 5.56 Å². The van der Waals surface area contributed by atoms with Crippen LogP contribution in [0.2, 0.25) is 0 Å². The zero-order valence-corrected chi connectivity index (χ0v) is 11.4. The van der Waals surface area contributed by atoms with Gasteiger partial charge in [0.1, 0.15) is 5.76 Å². The van der Waals surface area contributed by atoms with Gasteiger partial charge in [0.15, 0.2) is 0 Å². The van der Waals surface area contributed by atoms with Crippen molar-refractivity contribution in [3.05, 3.63) is 42.2 Å². The smallest absolute Gasteiger partial charge is 0.294 e. The second kappa shape index (κ2) is 6.19. The van der Waals surface area contributed by atoms with Crippen LogP contribution in [-0.2, 0) is 16.7 Å². The summed E-state index contributed by atoms with van der Waals surface area (Å²) in [5.41, 5.74) is 0.991. The van der Waals surface area contributed by atoms with Crippen molar-refractivity contribution in [2.75, 3.05) is 13.2 Å². The van der Waals surface area contributed by atoms with Gasteiger partial charge in [0.25, 0.3) is 10.1 Å². The average molecular weight is 297 g/mol. The van der Waals surface area contributed by atoms with E-state index >= 15 is 0 Å². The summed E-state index contributed by atoms with van der Waals surface area (Å²) in [5.74, 6) is 0.518. The van der Waals surface area contributed by atoms with Crippen molar-refractivity contribution in [3.63, 3.8) is 0 Å². The molecular weight excluding hydrogens is 282 g/mol. The van der Waals surface area contributed by atoms with Gasteiger partial charge in [-0.05, 0) is 23.8 Å². The summed E-state index contributed by atoms with van der Waals surface area (Å²) in [6.45, 7) is 0.519. The van der Waals surface area contributed by atoms with Crippen molar-refractivity contribution in [3.8, 4) is 11.3 Å². The van der Waals surface area contributed by atoms with Crippen LogP contribution in [0.4, 0.5) is 0 Å². The first-order valence-electron chi connectivity index (χ1n) is 5.98. The second-order valence-electron chi connectivity index (χ2n) is 4.18. The highest BCUT2D eigenvalue weighted by Gasteiger charge is 2.17. The third kappa shape index (κ3) is 3.45. The first-order chi connectivity index (χ1) is 9.52. The number of aliphatic hydroxyl groups is 1. The zero-order chi connectivity index (χ0) is 14.6. The Bertz CT molecular complexity index is 664. The van der Waals surface area contributed by atoms with E-state index in [1.807, 2.05) is 0 Å². The average Bonchev–Trinajstić information content (AvgIpc) is 2.92. The van der Waals surface area contributed by atoms with Crippen LogP contribution in [-0.4, -0.2) is 31.2 Å². The molecular formula is C13H15NO5S. The van der Waals surface area contributed by atoms with Gasteiger partial charge in [-0.3, -0.25) is 4.55 Å². The van der Waals surface area contributed by atoms with E-state index in [2.05, 4.69) is 5.32 Å². The molecule has 1 aromatic carbocycles. The van der Waals surface area contributed by atoms with Gasteiger partial charge >= 0.3 is 0 Å². The van der Waals surface area contributed by atoms with Crippen molar-refractivity contribution in [1.29, 1.82) is 0 Å². The molecule has 0 aliphatic carbocycles. The highest BCUT2D eigenvalue weighted by atomic mass is 32.2. The van der Waals surface area contributed by atoms with E-state index in [1.165, 1.54) is 12.3 Å². The number of aliphatic hydroxyl groups excluding tert-OH is 1. The first-order valence-corrected chi connectivity index (χ1v) is 7.42. The molecule has 2 rings (SSSR count). The Hall–Kier alpha value is -1.67. The topological polar surface area (TPSA) is 99.8 Å². The summed E-state index contributed by atoms with van der Waals surface area (Å²) >= 11 is 0. The minimum atomic E-state index is -4.33. The maximum atomic E-state index is 11.5. The third-order valence-electron chi connectivity index (χ3n) is 2.75. The third-order valence-corrected chi connectivity index (χ3v) is 3.69. The number of hydrogen-bond donors (Lipinski definition) is 3. The number of hydrogen-bond acceptors (Lipinski definition) is 5. The molecule has 0 amide bonds. The maximum Gasteiger partial charge on any atom is 0.294 e. The number of benzene rings is 1. The molecule has 1 heterocycles. The van der Waals surface area contributed by atoms with E-state index in [0.717, 1.165) is 0 Å². The van der Waals surface area contributed by atoms with Gasteiger partial charge in [0.05, 0.1) is 17.8 Å². The molecule has 20 heavy (non-hydrogen) atoms. The molecule has 2 aromatic rings. The molecule has 6 nitrogen and oxygen atoms in total. The van der Waals surface area contributed by atoms with Gasteiger partial charge < -0.3 is 14.8 Å². The van der Waals surface area contributed by atoms with E-state index in [9.17, 15) is 13.0 Å². The minimum Gasteiger partial charge on any atom is -0.464 e. The molecule has 0 unspecified atom stereocenters. The standard InChI is InChI=1S/C13H15NO5S/c15-6-5-14-9-11-4-3-10(12-2-1-7-19-12)8-13(11)20(16,17)18/h1-4,7-8,14-15H,5-6,9H2,(H,16,17,18).